The van der Waals surface area contributed by atoms with Gasteiger partial charge in [-0.05, 0) is 25.0 Å². The Balaban J connectivity index is 1.42. The topological polar surface area (TPSA) is 70.2 Å². The number of nitrogens with zero attached hydrogens (tertiary/aromatic N) is 2. The summed E-state index contributed by atoms with van der Waals surface area (Å²) in [4.78, 5) is 21.7. The summed E-state index contributed by atoms with van der Waals surface area (Å²) in [6, 6.07) is 3.94. The van der Waals surface area contributed by atoms with Crippen molar-refractivity contribution < 1.29 is 9.53 Å². The van der Waals surface area contributed by atoms with Crippen molar-refractivity contribution in [2.24, 2.45) is 0 Å². The number of rotatable bonds is 3. The normalized spacial score (nSPS) is 27.5. The van der Waals surface area contributed by atoms with Gasteiger partial charge in [-0.25, -0.2) is 4.98 Å². The first kappa shape index (κ1) is 14.7. The minimum atomic E-state index is -0.213. The van der Waals surface area contributed by atoms with Crippen LogP contribution in [0.5, 0.6) is 0 Å². The predicted octanol–water partition coefficient (Wildman–Crippen LogP) is 2.35. The lowest BCUT2D eigenvalue weighted by molar-refractivity contribution is -0.0448. The molecule has 2 saturated heterocycles. The van der Waals surface area contributed by atoms with Crippen molar-refractivity contribution in [3.05, 3.63) is 35.6 Å². The molecule has 2 aromatic heterocycles. The Morgan fingerprint density at radius 3 is 3.30 bits per heavy atom. The van der Waals surface area contributed by atoms with Crippen molar-refractivity contribution in [2.45, 2.75) is 30.9 Å². The maximum Gasteiger partial charge on any atom is 0.270 e. The van der Waals surface area contributed by atoms with Crippen molar-refractivity contribution in [3.63, 3.8) is 0 Å². The van der Waals surface area contributed by atoms with E-state index in [-0.39, 0.29) is 17.6 Å². The molecule has 4 heterocycles. The van der Waals surface area contributed by atoms with E-state index in [4.69, 9.17) is 4.74 Å². The molecule has 2 atom stereocenters. The molecule has 0 aliphatic carbocycles. The highest BCUT2D eigenvalue weighted by atomic mass is 32.1. The van der Waals surface area contributed by atoms with Crippen LogP contribution in [0.1, 0.15) is 29.8 Å². The number of anilines is 1. The lowest BCUT2D eigenvalue weighted by atomic mass is 9.88. The molecule has 2 fully saturated rings. The maximum atomic E-state index is 12.6. The standard InChI is InChI=1S/C16H20N4O2S/c21-14(13-3-1-5-17-13)20-7-2-4-16(11-20)9-12(10-22-16)19-15-18-6-8-23-15/h1,3,5-6,8,12,17H,2,4,7,9-11H2,(H,18,19). The van der Waals surface area contributed by atoms with Crippen LogP contribution in [0.4, 0.5) is 5.13 Å². The molecule has 1 spiro atoms. The number of carbonyl (C=O) groups excluding carboxylic acids is 1. The van der Waals surface area contributed by atoms with Crippen molar-refractivity contribution in [2.75, 3.05) is 25.0 Å². The second kappa shape index (κ2) is 5.98. The first-order chi connectivity index (χ1) is 11.2. The second-order valence-corrected chi connectivity index (χ2v) is 7.19. The fourth-order valence-electron chi connectivity index (χ4n) is 3.60. The molecule has 0 bridgehead atoms. The lowest BCUT2D eigenvalue weighted by Crippen LogP contribution is -2.50. The monoisotopic (exact) mass is 332 g/mol. The van der Waals surface area contributed by atoms with Crippen LogP contribution in [0, 0.1) is 0 Å². The van der Waals surface area contributed by atoms with Gasteiger partial charge in [-0.2, -0.15) is 0 Å². The quantitative estimate of drug-likeness (QED) is 0.905. The fraction of sp³-hybridized carbons (Fsp3) is 0.500. The number of aromatic amines is 1. The van der Waals surface area contributed by atoms with E-state index in [0.717, 1.165) is 30.9 Å². The van der Waals surface area contributed by atoms with Crippen molar-refractivity contribution in [1.82, 2.24) is 14.9 Å². The Morgan fingerprint density at radius 2 is 2.52 bits per heavy atom. The number of likely N-dealkylation sites (tertiary alicyclic amines) is 1. The van der Waals surface area contributed by atoms with Crippen LogP contribution in [0.25, 0.3) is 0 Å². The van der Waals surface area contributed by atoms with Gasteiger partial charge in [0.2, 0.25) is 0 Å². The minimum Gasteiger partial charge on any atom is -0.371 e. The van der Waals surface area contributed by atoms with E-state index in [9.17, 15) is 4.79 Å². The molecule has 2 aromatic rings. The number of aromatic nitrogens is 2. The minimum absolute atomic E-state index is 0.0639. The van der Waals surface area contributed by atoms with E-state index < -0.39 is 0 Å². The van der Waals surface area contributed by atoms with Crippen molar-refractivity contribution in [3.8, 4) is 0 Å². The Hall–Kier alpha value is -1.86. The van der Waals surface area contributed by atoms with Gasteiger partial charge >= 0.3 is 0 Å². The van der Waals surface area contributed by atoms with Gasteiger partial charge in [0.1, 0.15) is 5.69 Å². The number of hydrogen-bond acceptors (Lipinski definition) is 5. The van der Waals surface area contributed by atoms with Crippen LogP contribution in [0.15, 0.2) is 29.9 Å². The number of amides is 1. The predicted molar refractivity (Wildman–Crippen MR) is 88.8 cm³/mol. The summed E-state index contributed by atoms with van der Waals surface area (Å²) in [7, 11) is 0. The van der Waals surface area contributed by atoms with Gasteiger partial charge in [0, 0.05) is 30.7 Å². The van der Waals surface area contributed by atoms with Crippen molar-refractivity contribution >= 4 is 22.4 Å². The van der Waals surface area contributed by atoms with Gasteiger partial charge in [0.25, 0.3) is 5.91 Å². The molecule has 0 saturated carbocycles. The molecule has 0 radical (unpaired) electrons. The number of nitrogens with one attached hydrogen (secondary N) is 2. The molecular weight excluding hydrogens is 312 g/mol. The second-order valence-electron chi connectivity index (χ2n) is 6.29. The highest BCUT2D eigenvalue weighted by Gasteiger charge is 2.44. The highest BCUT2D eigenvalue weighted by molar-refractivity contribution is 7.13. The molecule has 4 rings (SSSR count). The van der Waals surface area contributed by atoms with Gasteiger partial charge < -0.3 is 19.9 Å². The Kier molecular flexibility index (Phi) is 3.82. The first-order valence-electron chi connectivity index (χ1n) is 7.97. The first-order valence-corrected chi connectivity index (χ1v) is 8.85. The molecule has 23 heavy (non-hydrogen) atoms. The SMILES string of the molecule is O=C(c1ccc[nH]1)N1CCCC2(CC(Nc3nccs3)CO2)C1. The Labute approximate surface area is 138 Å². The highest BCUT2D eigenvalue weighted by Crippen LogP contribution is 2.36. The number of H-pyrrole nitrogens is 1. The van der Waals surface area contributed by atoms with Crippen molar-refractivity contribution in [1.29, 1.82) is 0 Å². The molecule has 122 valence electrons. The van der Waals surface area contributed by atoms with Gasteiger partial charge in [-0.15, -0.1) is 11.3 Å². The molecule has 1 amide bonds. The number of ether oxygens (including phenoxy) is 1. The molecule has 2 aliphatic heterocycles. The lowest BCUT2D eigenvalue weighted by Gasteiger charge is -2.39. The summed E-state index contributed by atoms with van der Waals surface area (Å²) >= 11 is 1.60. The van der Waals surface area contributed by atoms with Crippen LogP contribution < -0.4 is 5.32 Å². The summed E-state index contributed by atoms with van der Waals surface area (Å²) < 4.78 is 6.15. The molecule has 7 heteroatoms. The van der Waals surface area contributed by atoms with Gasteiger partial charge in [-0.3, -0.25) is 4.79 Å². The van der Waals surface area contributed by atoms with Crippen LogP contribution in [-0.2, 0) is 4.74 Å². The van der Waals surface area contributed by atoms with Crippen LogP contribution in [-0.4, -0.2) is 52.1 Å². The van der Waals surface area contributed by atoms with Crippen LogP contribution in [0.3, 0.4) is 0 Å². The Bertz CT molecular complexity index is 658. The molecule has 2 aliphatic rings. The van der Waals surface area contributed by atoms with E-state index in [1.807, 2.05) is 22.4 Å². The molecular formula is C16H20N4O2S. The Morgan fingerprint density at radius 1 is 1.57 bits per heavy atom. The fourth-order valence-corrected chi connectivity index (χ4v) is 4.20. The molecule has 6 nitrogen and oxygen atoms in total. The summed E-state index contributed by atoms with van der Waals surface area (Å²) in [6.07, 6.45) is 6.50. The summed E-state index contributed by atoms with van der Waals surface area (Å²) in [5.41, 5.74) is 0.438. The van der Waals surface area contributed by atoms with E-state index >= 15 is 0 Å². The van der Waals surface area contributed by atoms with Gasteiger partial charge in [-0.1, -0.05) is 0 Å². The summed E-state index contributed by atoms with van der Waals surface area (Å²) in [6.45, 7) is 2.14. The summed E-state index contributed by atoms with van der Waals surface area (Å²) in [5.74, 6) is 0.0639. The van der Waals surface area contributed by atoms with E-state index in [2.05, 4.69) is 15.3 Å². The zero-order valence-corrected chi connectivity index (χ0v) is 13.6. The van der Waals surface area contributed by atoms with E-state index in [1.54, 1.807) is 23.7 Å². The van der Waals surface area contributed by atoms with Gasteiger partial charge in [0.05, 0.1) is 24.8 Å². The third-order valence-electron chi connectivity index (χ3n) is 4.62. The van der Waals surface area contributed by atoms with E-state index in [0.29, 0.717) is 18.8 Å². The molecule has 2 N–H and O–H groups in total. The summed E-state index contributed by atoms with van der Waals surface area (Å²) in [5, 5.41) is 6.34. The van der Waals surface area contributed by atoms with Crippen LogP contribution in [0.2, 0.25) is 0 Å². The number of thiazole rings is 1. The molecule has 2 unspecified atom stereocenters. The average Bonchev–Trinajstić information content (AvgIpc) is 3.30. The number of hydrogen-bond donors (Lipinski definition) is 2. The zero-order chi connectivity index (χ0) is 15.7. The third kappa shape index (κ3) is 2.98. The number of carbonyl (C=O) groups is 1. The maximum absolute atomic E-state index is 12.6. The number of piperidine rings is 1. The smallest absolute Gasteiger partial charge is 0.270 e. The molecule has 0 aromatic carbocycles. The van der Waals surface area contributed by atoms with Crippen LogP contribution >= 0.6 is 11.3 Å². The third-order valence-corrected chi connectivity index (χ3v) is 5.33. The largest absolute Gasteiger partial charge is 0.371 e. The average molecular weight is 332 g/mol. The zero-order valence-electron chi connectivity index (χ0n) is 12.8. The van der Waals surface area contributed by atoms with E-state index in [1.165, 1.54) is 0 Å². The van der Waals surface area contributed by atoms with Gasteiger partial charge in [0.15, 0.2) is 5.13 Å².